The highest BCUT2D eigenvalue weighted by molar-refractivity contribution is 9.10. The molecule has 0 aliphatic carbocycles. The maximum absolute atomic E-state index is 5.76. The van der Waals surface area contributed by atoms with E-state index in [2.05, 4.69) is 32.9 Å². The predicted molar refractivity (Wildman–Crippen MR) is 79.9 cm³/mol. The van der Waals surface area contributed by atoms with Crippen LogP contribution in [0.15, 0.2) is 4.47 Å². The monoisotopic (exact) mass is 336 g/mol. The highest BCUT2D eigenvalue weighted by Crippen LogP contribution is 2.27. The van der Waals surface area contributed by atoms with E-state index >= 15 is 0 Å². The molecule has 1 aliphatic rings. The summed E-state index contributed by atoms with van der Waals surface area (Å²) in [5.41, 5.74) is 8.08. The Morgan fingerprint density at radius 3 is 2.61 bits per heavy atom. The van der Waals surface area contributed by atoms with Gasteiger partial charge in [-0.3, -0.25) is 9.58 Å². The normalized spacial score (nSPS) is 24.3. The van der Waals surface area contributed by atoms with Crippen LogP contribution in [0.2, 0.25) is 0 Å². The van der Waals surface area contributed by atoms with Crippen LogP contribution in [0.4, 0.5) is 0 Å². The molecule has 1 aliphatic heterocycles. The molecule has 1 aromatic rings. The van der Waals surface area contributed by atoms with Crippen LogP contribution in [0, 0.1) is 12.8 Å². The number of aryl methyl sites for hydroxylation is 2. The van der Waals surface area contributed by atoms with Gasteiger partial charge in [0, 0.05) is 26.2 Å². The lowest BCUT2D eigenvalue weighted by Crippen LogP contribution is -2.28. The van der Waals surface area contributed by atoms with E-state index < -0.39 is 0 Å². The van der Waals surface area contributed by atoms with Gasteiger partial charge >= 0.3 is 0 Å². The van der Waals surface area contributed by atoms with Crippen molar-refractivity contribution in [2.45, 2.75) is 32.9 Å². The van der Waals surface area contributed by atoms with Gasteiger partial charge in [-0.15, -0.1) is 12.4 Å². The van der Waals surface area contributed by atoms with E-state index in [4.69, 9.17) is 5.73 Å². The molecule has 0 spiro atoms. The minimum Gasteiger partial charge on any atom is -0.330 e. The van der Waals surface area contributed by atoms with E-state index in [0.29, 0.717) is 12.0 Å². The Balaban J connectivity index is 0.00000162. The second-order valence-electron chi connectivity index (χ2n) is 5.09. The van der Waals surface area contributed by atoms with Crippen molar-refractivity contribution in [3.63, 3.8) is 0 Å². The third-order valence-corrected chi connectivity index (χ3v) is 4.77. The highest BCUT2D eigenvalue weighted by atomic mass is 79.9. The fourth-order valence-electron chi connectivity index (χ4n) is 2.65. The zero-order valence-electron chi connectivity index (χ0n) is 11.2. The van der Waals surface area contributed by atoms with Crippen molar-refractivity contribution < 1.29 is 0 Å². The summed E-state index contributed by atoms with van der Waals surface area (Å²) >= 11 is 3.63. The van der Waals surface area contributed by atoms with Crippen molar-refractivity contribution in [3.8, 4) is 0 Å². The first-order valence-electron chi connectivity index (χ1n) is 6.15. The lowest BCUT2D eigenvalue weighted by Gasteiger charge is -2.21. The predicted octanol–water partition coefficient (Wildman–Crippen LogP) is 2.08. The Hall–Kier alpha value is -0.100. The average Bonchev–Trinajstić information content (AvgIpc) is 2.75. The van der Waals surface area contributed by atoms with Crippen LogP contribution < -0.4 is 5.73 Å². The van der Waals surface area contributed by atoms with Gasteiger partial charge in [0.05, 0.1) is 15.9 Å². The van der Waals surface area contributed by atoms with Crippen LogP contribution in [-0.2, 0) is 13.6 Å². The fraction of sp³-hybridized carbons (Fsp3) is 0.750. The summed E-state index contributed by atoms with van der Waals surface area (Å²) in [6.07, 6.45) is 1.21. The second-order valence-corrected chi connectivity index (χ2v) is 5.88. The molecule has 0 aromatic carbocycles. The van der Waals surface area contributed by atoms with Gasteiger partial charge in [0.25, 0.3) is 0 Å². The van der Waals surface area contributed by atoms with Crippen molar-refractivity contribution in [2.75, 3.05) is 13.1 Å². The van der Waals surface area contributed by atoms with Gasteiger partial charge in [-0.1, -0.05) is 0 Å². The van der Waals surface area contributed by atoms with Gasteiger partial charge < -0.3 is 5.73 Å². The van der Waals surface area contributed by atoms with Crippen LogP contribution in [0.1, 0.15) is 24.7 Å². The number of likely N-dealkylation sites (tertiary alicyclic amines) is 1. The molecular weight excluding hydrogens is 316 g/mol. The summed E-state index contributed by atoms with van der Waals surface area (Å²) in [7, 11) is 2.01. The van der Waals surface area contributed by atoms with Gasteiger partial charge in [-0.25, -0.2) is 0 Å². The maximum atomic E-state index is 5.76. The van der Waals surface area contributed by atoms with Crippen LogP contribution in [0.3, 0.4) is 0 Å². The molecule has 0 amide bonds. The minimum atomic E-state index is 0. The van der Waals surface area contributed by atoms with Crippen molar-refractivity contribution in [1.29, 1.82) is 0 Å². The first-order chi connectivity index (χ1) is 8.02. The molecule has 2 unspecified atom stereocenters. The first kappa shape index (κ1) is 16.0. The summed E-state index contributed by atoms with van der Waals surface area (Å²) in [5, 5.41) is 4.44. The number of nitrogens with zero attached hydrogens (tertiary/aromatic N) is 3. The Kier molecular flexibility index (Phi) is 5.65. The van der Waals surface area contributed by atoms with Gasteiger partial charge in [0.15, 0.2) is 0 Å². The SMILES string of the molecule is Cc1nn(C)c(CN2CC(CN)CC2C)c1Br.Cl. The number of aromatic nitrogens is 2. The Bertz CT molecular complexity index is 407. The third-order valence-electron chi connectivity index (χ3n) is 3.74. The topological polar surface area (TPSA) is 47.1 Å². The summed E-state index contributed by atoms with van der Waals surface area (Å²) in [6.45, 7) is 7.17. The number of hydrogen-bond acceptors (Lipinski definition) is 3. The molecule has 4 nitrogen and oxygen atoms in total. The van der Waals surface area contributed by atoms with Gasteiger partial charge in [0.1, 0.15) is 0 Å². The molecule has 2 heterocycles. The van der Waals surface area contributed by atoms with Gasteiger partial charge in [-0.05, 0) is 48.7 Å². The maximum Gasteiger partial charge on any atom is 0.0739 e. The van der Waals surface area contributed by atoms with Crippen molar-refractivity contribution in [2.24, 2.45) is 18.7 Å². The quantitative estimate of drug-likeness (QED) is 0.918. The lowest BCUT2D eigenvalue weighted by atomic mass is 10.1. The molecule has 1 aromatic heterocycles. The molecule has 1 fully saturated rings. The molecule has 1 saturated heterocycles. The van der Waals surface area contributed by atoms with Crippen LogP contribution in [0.25, 0.3) is 0 Å². The Labute approximate surface area is 123 Å². The smallest absolute Gasteiger partial charge is 0.0739 e. The number of halogens is 2. The van der Waals surface area contributed by atoms with Crippen molar-refractivity contribution in [1.82, 2.24) is 14.7 Å². The molecule has 2 atom stereocenters. The fourth-order valence-corrected chi connectivity index (χ4v) is 3.11. The molecule has 0 bridgehead atoms. The standard InChI is InChI=1S/C12H21BrN4.ClH/c1-8-4-10(5-14)6-17(8)7-11-12(13)9(2)15-16(11)3;/h8,10H,4-7,14H2,1-3H3;1H. The number of nitrogens with two attached hydrogens (primary N) is 1. The van der Waals surface area contributed by atoms with E-state index in [0.717, 1.165) is 29.8 Å². The summed E-state index contributed by atoms with van der Waals surface area (Å²) in [4.78, 5) is 2.50. The zero-order valence-corrected chi connectivity index (χ0v) is 13.6. The summed E-state index contributed by atoms with van der Waals surface area (Å²) < 4.78 is 3.12. The van der Waals surface area contributed by atoms with E-state index in [1.807, 2.05) is 18.7 Å². The summed E-state index contributed by atoms with van der Waals surface area (Å²) in [5.74, 6) is 0.651. The molecular formula is C12H22BrClN4. The number of rotatable bonds is 3. The first-order valence-corrected chi connectivity index (χ1v) is 6.94. The molecule has 0 radical (unpaired) electrons. The van der Waals surface area contributed by atoms with E-state index in [9.17, 15) is 0 Å². The highest BCUT2D eigenvalue weighted by Gasteiger charge is 2.29. The van der Waals surface area contributed by atoms with Crippen LogP contribution in [0.5, 0.6) is 0 Å². The van der Waals surface area contributed by atoms with E-state index in [1.165, 1.54) is 12.1 Å². The average molecular weight is 338 g/mol. The Morgan fingerprint density at radius 2 is 2.17 bits per heavy atom. The van der Waals surface area contributed by atoms with Crippen LogP contribution >= 0.6 is 28.3 Å². The minimum absolute atomic E-state index is 0. The van der Waals surface area contributed by atoms with Gasteiger partial charge in [0.2, 0.25) is 0 Å². The molecule has 0 saturated carbocycles. The zero-order chi connectivity index (χ0) is 12.6. The Morgan fingerprint density at radius 1 is 1.50 bits per heavy atom. The third kappa shape index (κ3) is 3.07. The van der Waals surface area contributed by atoms with E-state index in [1.54, 1.807) is 0 Å². The molecule has 2 rings (SSSR count). The van der Waals surface area contributed by atoms with Crippen molar-refractivity contribution >= 4 is 28.3 Å². The molecule has 2 N–H and O–H groups in total. The largest absolute Gasteiger partial charge is 0.330 e. The van der Waals surface area contributed by atoms with E-state index in [-0.39, 0.29) is 12.4 Å². The summed E-state index contributed by atoms with van der Waals surface area (Å²) in [6, 6.07) is 0.616. The number of hydrogen-bond donors (Lipinski definition) is 1. The molecule has 6 heteroatoms. The molecule has 104 valence electrons. The van der Waals surface area contributed by atoms with Crippen LogP contribution in [-0.4, -0.2) is 33.8 Å². The lowest BCUT2D eigenvalue weighted by molar-refractivity contribution is 0.248. The second kappa shape index (κ2) is 6.37. The van der Waals surface area contributed by atoms with Gasteiger partial charge in [-0.2, -0.15) is 5.10 Å². The molecule has 18 heavy (non-hydrogen) atoms. The van der Waals surface area contributed by atoms with Crippen molar-refractivity contribution in [3.05, 3.63) is 15.9 Å².